The highest BCUT2D eigenvalue weighted by Gasteiger charge is 2.37. The summed E-state index contributed by atoms with van der Waals surface area (Å²) in [5, 5.41) is 2.90. The molecular weight excluding hydrogens is 382 g/mol. The van der Waals surface area contributed by atoms with Gasteiger partial charge in [-0.25, -0.2) is 10.2 Å². The third-order valence-electron chi connectivity index (χ3n) is 5.17. The molecule has 1 heterocycles. The molecule has 1 aromatic heterocycles. The molecule has 0 bridgehead atoms. The van der Waals surface area contributed by atoms with Crippen molar-refractivity contribution in [3.05, 3.63) is 16.0 Å². The standard InChI is InChI=1S/C19H27N3O3S2/c1-19(2)9-12-14(13(23)10-19)17(26-3)27-15(12)16(24)21-22-18(25)20-11-7-5-4-6-8-11/h11H,4-10H2,1-3H3,(H,21,24)(H2,20,22,25). The number of amides is 3. The second-order valence-electron chi connectivity index (χ2n) is 8.10. The molecule has 3 N–H and O–H groups in total. The summed E-state index contributed by atoms with van der Waals surface area (Å²) in [6, 6.07) is -0.214. The van der Waals surface area contributed by atoms with E-state index in [0.29, 0.717) is 23.3 Å². The number of urea groups is 1. The van der Waals surface area contributed by atoms with Crippen LogP contribution in [0.1, 0.15) is 78.0 Å². The van der Waals surface area contributed by atoms with Gasteiger partial charge in [-0.2, -0.15) is 0 Å². The van der Waals surface area contributed by atoms with Crippen LogP contribution < -0.4 is 16.2 Å². The Morgan fingerprint density at radius 1 is 1.11 bits per heavy atom. The fourth-order valence-corrected chi connectivity index (χ4v) is 5.91. The van der Waals surface area contributed by atoms with Crippen molar-refractivity contribution < 1.29 is 14.4 Å². The van der Waals surface area contributed by atoms with E-state index < -0.39 is 0 Å². The topological polar surface area (TPSA) is 87.3 Å². The SMILES string of the molecule is CSc1sc(C(=O)NNC(=O)NC2CCCCC2)c2c1C(=O)CC(C)(C)C2. The minimum atomic E-state index is -0.387. The summed E-state index contributed by atoms with van der Waals surface area (Å²) in [5.74, 6) is -0.259. The van der Waals surface area contributed by atoms with Gasteiger partial charge in [-0.15, -0.1) is 23.1 Å². The minimum Gasteiger partial charge on any atom is -0.334 e. The van der Waals surface area contributed by atoms with E-state index in [4.69, 9.17) is 0 Å². The van der Waals surface area contributed by atoms with Gasteiger partial charge in [-0.3, -0.25) is 15.0 Å². The highest BCUT2D eigenvalue weighted by molar-refractivity contribution is 8.00. The van der Waals surface area contributed by atoms with Crippen LogP contribution in [0.15, 0.2) is 4.21 Å². The monoisotopic (exact) mass is 409 g/mol. The zero-order valence-electron chi connectivity index (χ0n) is 16.1. The first kappa shape index (κ1) is 20.2. The first-order valence-corrected chi connectivity index (χ1v) is 11.4. The maximum Gasteiger partial charge on any atom is 0.333 e. The molecule has 0 aromatic carbocycles. The Morgan fingerprint density at radius 3 is 2.48 bits per heavy atom. The minimum absolute atomic E-state index is 0.101. The zero-order valence-corrected chi connectivity index (χ0v) is 17.7. The summed E-state index contributed by atoms with van der Waals surface area (Å²) in [6.45, 7) is 4.09. The lowest BCUT2D eigenvalue weighted by molar-refractivity contribution is 0.0908. The highest BCUT2D eigenvalue weighted by atomic mass is 32.2. The number of hydrogen-bond donors (Lipinski definition) is 3. The molecule has 6 nitrogen and oxygen atoms in total. The third-order valence-corrected chi connectivity index (χ3v) is 7.52. The van der Waals surface area contributed by atoms with Crippen LogP contribution in [0, 0.1) is 5.41 Å². The maximum absolute atomic E-state index is 12.7. The summed E-state index contributed by atoms with van der Waals surface area (Å²) in [5.41, 5.74) is 6.32. The van der Waals surface area contributed by atoms with Gasteiger partial charge >= 0.3 is 6.03 Å². The maximum atomic E-state index is 12.7. The Labute approximate surface area is 168 Å². The van der Waals surface area contributed by atoms with Crippen LogP contribution in [0.4, 0.5) is 4.79 Å². The number of nitrogens with one attached hydrogen (secondary N) is 3. The summed E-state index contributed by atoms with van der Waals surface area (Å²) >= 11 is 2.82. The molecule has 148 valence electrons. The predicted octanol–water partition coefficient (Wildman–Crippen LogP) is 3.90. The van der Waals surface area contributed by atoms with Crippen molar-refractivity contribution in [1.82, 2.24) is 16.2 Å². The van der Waals surface area contributed by atoms with Crippen molar-refractivity contribution >= 4 is 40.8 Å². The largest absolute Gasteiger partial charge is 0.334 e. The number of hydrazine groups is 1. The van der Waals surface area contributed by atoms with Crippen molar-refractivity contribution in [3.8, 4) is 0 Å². The van der Waals surface area contributed by atoms with Gasteiger partial charge in [0.15, 0.2) is 5.78 Å². The van der Waals surface area contributed by atoms with Gasteiger partial charge < -0.3 is 5.32 Å². The number of Topliss-reactive ketones (excluding diaryl/α,β-unsaturated/α-hetero) is 1. The number of carbonyl (C=O) groups is 3. The number of ketones is 1. The van der Waals surface area contributed by atoms with Crippen LogP contribution in [-0.2, 0) is 6.42 Å². The van der Waals surface area contributed by atoms with Gasteiger partial charge in [-0.1, -0.05) is 33.1 Å². The second-order valence-corrected chi connectivity index (χ2v) is 10.2. The number of fused-ring (bicyclic) bond motifs is 1. The van der Waals surface area contributed by atoms with Crippen LogP contribution in [0.5, 0.6) is 0 Å². The third kappa shape index (κ3) is 4.66. The molecule has 3 amide bonds. The molecule has 1 aromatic rings. The van der Waals surface area contributed by atoms with E-state index in [1.54, 1.807) is 0 Å². The highest BCUT2D eigenvalue weighted by Crippen LogP contribution is 2.44. The Kier molecular flexibility index (Phi) is 6.15. The van der Waals surface area contributed by atoms with Gasteiger partial charge in [0.1, 0.15) is 0 Å². The Bertz CT molecular complexity index is 752. The van der Waals surface area contributed by atoms with E-state index in [9.17, 15) is 14.4 Å². The molecule has 0 atom stereocenters. The number of rotatable bonds is 3. The molecule has 8 heteroatoms. The smallest absolute Gasteiger partial charge is 0.333 e. The van der Waals surface area contributed by atoms with Crippen LogP contribution in [0.2, 0.25) is 0 Å². The molecule has 2 aliphatic rings. The van der Waals surface area contributed by atoms with E-state index in [2.05, 4.69) is 16.2 Å². The molecule has 3 rings (SSSR count). The Hall–Kier alpha value is -1.54. The van der Waals surface area contributed by atoms with Gasteiger partial charge in [-0.05, 0) is 36.5 Å². The molecule has 0 spiro atoms. The van der Waals surface area contributed by atoms with E-state index in [-0.39, 0.29) is 29.2 Å². The van der Waals surface area contributed by atoms with Crippen molar-refractivity contribution in [3.63, 3.8) is 0 Å². The fourth-order valence-electron chi connectivity index (χ4n) is 3.92. The predicted molar refractivity (Wildman–Crippen MR) is 109 cm³/mol. The number of thioether (sulfide) groups is 1. The average Bonchev–Trinajstić information content (AvgIpc) is 2.98. The van der Waals surface area contributed by atoms with Gasteiger partial charge in [0, 0.05) is 18.0 Å². The lowest BCUT2D eigenvalue weighted by atomic mass is 9.74. The van der Waals surface area contributed by atoms with E-state index in [0.717, 1.165) is 35.5 Å². The molecule has 1 fully saturated rings. The summed E-state index contributed by atoms with van der Waals surface area (Å²) in [7, 11) is 0. The summed E-state index contributed by atoms with van der Waals surface area (Å²) in [6.07, 6.45) is 8.51. The van der Waals surface area contributed by atoms with E-state index >= 15 is 0 Å². The molecule has 0 unspecified atom stereocenters. The molecular formula is C19H27N3O3S2. The molecule has 1 saturated carbocycles. The molecule has 27 heavy (non-hydrogen) atoms. The van der Waals surface area contributed by atoms with Crippen molar-refractivity contribution in [2.24, 2.45) is 5.41 Å². The summed E-state index contributed by atoms with van der Waals surface area (Å²) in [4.78, 5) is 37.9. The summed E-state index contributed by atoms with van der Waals surface area (Å²) < 4.78 is 0.877. The van der Waals surface area contributed by atoms with Crippen LogP contribution >= 0.6 is 23.1 Å². The van der Waals surface area contributed by atoms with Crippen LogP contribution in [-0.4, -0.2) is 30.0 Å². The van der Waals surface area contributed by atoms with Crippen molar-refractivity contribution in [2.45, 2.75) is 69.0 Å². The van der Waals surface area contributed by atoms with Crippen LogP contribution in [0.3, 0.4) is 0 Å². The first-order chi connectivity index (χ1) is 12.8. The first-order valence-electron chi connectivity index (χ1n) is 9.40. The molecule has 0 saturated heterocycles. The number of carbonyl (C=O) groups excluding carboxylic acids is 3. The van der Waals surface area contributed by atoms with E-state index in [1.807, 2.05) is 20.1 Å². The Morgan fingerprint density at radius 2 is 1.81 bits per heavy atom. The normalized spacial score (nSPS) is 19.3. The van der Waals surface area contributed by atoms with Crippen molar-refractivity contribution in [1.29, 1.82) is 0 Å². The number of hydrogen-bond acceptors (Lipinski definition) is 5. The number of thiophene rings is 1. The van der Waals surface area contributed by atoms with Gasteiger partial charge in [0.25, 0.3) is 5.91 Å². The zero-order chi connectivity index (χ0) is 19.6. The fraction of sp³-hybridized carbons (Fsp3) is 0.632. The lowest BCUT2D eigenvalue weighted by Crippen LogP contribution is -2.50. The average molecular weight is 410 g/mol. The van der Waals surface area contributed by atoms with Gasteiger partial charge in [0.2, 0.25) is 0 Å². The second kappa shape index (κ2) is 8.22. The van der Waals surface area contributed by atoms with E-state index in [1.165, 1.54) is 29.5 Å². The van der Waals surface area contributed by atoms with Gasteiger partial charge in [0.05, 0.1) is 9.09 Å². The Balaban J connectivity index is 1.68. The quantitative estimate of drug-likeness (QED) is 0.522. The lowest BCUT2D eigenvalue weighted by Gasteiger charge is -2.29. The molecule has 0 radical (unpaired) electrons. The molecule has 0 aliphatic heterocycles. The van der Waals surface area contributed by atoms with Crippen molar-refractivity contribution in [2.75, 3.05) is 6.26 Å². The molecule has 2 aliphatic carbocycles. The van der Waals surface area contributed by atoms with Crippen LogP contribution in [0.25, 0.3) is 0 Å².